The molecule has 0 amide bonds. The lowest BCUT2D eigenvalue weighted by molar-refractivity contribution is -0.825. The van der Waals surface area contributed by atoms with Crippen LogP contribution in [0.2, 0.25) is 0 Å². The first-order valence-corrected chi connectivity index (χ1v) is 16.7. The Labute approximate surface area is 303 Å². The van der Waals surface area contributed by atoms with Crippen LogP contribution >= 0.6 is 0 Å². The van der Waals surface area contributed by atoms with E-state index in [1.54, 1.807) is 51.7 Å². The molecule has 0 fully saturated rings. The Morgan fingerprint density at radius 1 is 0.808 bits per heavy atom. The Hall–Kier alpha value is -6.01. The summed E-state index contributed by atoms with van der Waals surface area (Å²) in [6.07, 6.45) is 6.32. The van der Waals surface area contributed by atoms with Gasteiger partial charge in [-0.1, -0.05) is 24.3 Å². The second-order valence-corrected chi connectivity index (χ2v) is 12.1. The van der Waals surface area contributed by atoms with E-state index in [4.69, 9.17) is 34.6 Å². The van der Waals surface area contributed by atoms with E-state index in [1.807, 2.05) is 60.7 Å². The molecule has 0 aromatic heterocycles. The number of hydrogen-bond donors (Lipinski definition) is 4. The van der Waals surface area contributed by atoms with Gasteiger partial charge in [0.05, 0.1) is 28.4 Å². The van der Waals surface area contributed by atoms with Crippen molar-refractivity contribution < 1.29 is 44.9 Å². The summed E-state index contributed by atoms with van der Waals surface area (Å²) in [7, 11) is 8.46. The third-order valence-corrected chi connectivity index (χ3v) is 8.75. The second kappa shape index (κ2) is 17.3. The van der Waals surface area contributed by atoms with Crippen molar-refractivity contribution in [3.8, 4) is 39.9 Å². The number of esters is 1. The first-order valence-electron chi connectivity index (χ1n) is 16.7. The van der Waals surface area contributed by atoms with Crippen LogP contribution in [-0.2, 0) is 6.42 Å². The summed E-state index contributed by atoms with van der Waals surface area (Å²) >= 11 is 0. The minimum Gasteiger partial charge on any atom is -0.496 e. The number of benzene rings is 5. The Kier molecular flexibility index (Phi) is 12.4. The minimum atomic E-state index is -0.571. The van der Waals surface area contributed by atoms with E-state index in [-0.39, 0.29) is 5.56 Å². The number of aryl methyl sites for hydroxylation is 1. The van der Waals surface area contributed by atoms with Crippen LogP contribution in [0.25, 0.3) is 23.3 Å². The van der Waals surface area contributed by atoms with Crippen LogP contribution in [0, 0.1) is 0 Å². The zero-order valence-electron chi connectivity index (χ0n) is 30.1. The quantitative estimate of drug-likeness (QED) is 0.0458. The van der Waals surface area contributed by atoms with Gasteiger partial charge in [0.1, 0.15) is 28.6 Å². The number of carbonyl (C=O) groups is 1. The van der Waals surface area contributed by atoms with Crippen molar-refractivity contribution in [2.75, 3.05) is 52.7 Å². The fourth-order valence-electron chi connectivity index (χ4n) is 5.95. The number of nitrogens with two attached hydrogens (primary N) is 2. The number of hydrogen-bond acceptors (Lipinski definition) is 9. The average Bonchev–Trinajstić information content (AvgIpc) is 3.17. The monoisotopic (exact) mass is 706 g/mol. The highest BCUT2D eigenvalue weighted by atomic mass is 16.5. The molecule has 1 aliphatic heterocycles. The third kappa shape index (κ3) is 8.82. The maximum absolute atomic E-state index is 12.8. The lowest BCUT2D eigenvalue weighted by Gasteiger charge is -2.27. The predicted molar refractivity (Wildman–Crippen MR) is 203 cm³/mol. The molecule has 52 heavy (non-hydrogen) atoms. The van der Waals surface area contributed by atoms with E-state index >= 15 is 0 Å². The molecular formula is C41H46N4O7+2. The molecule has 0 spiro atoms. The van der Waals surface area contributed by atoms with Crippen molar-refractivity contribution in [1.82, 2.24) is 0 Å². The van der Waals surface area contributed by atoms with Crippen molar-refractivity contribution in [2.24, 2.45) is 0 Å². The summed E-state index contributed by atoms with van der Waals surface area (Å²) in [4.78, 5) is 15.0. The molecule has 1 heterocycles. The lowest BCUT2D eigenvalue weighted by atomic mass is 10.0. The van der Waals surface area contributed by atoms with Gasteiger partial charge in [0.2, 0.25) is 0 Å². The van der Waals surface area contributed by atoms with E-state index in [0.29, 0.717) is 28.7 Å². The number of ether oxygens (including phenoxy) is 5. The smallest absolute Gasteiger partial charge is 0.347 e. The maximum Gasteiger partial charge on any atom is 0.347 e. The highest BCUT2D eigenvalue weighted by molar-refractivity contribution is 5.94. The summed E-state index contributed by atoms with van der Waals surface area (Å²) < 4.78 is 27.4. The normalized spacial score (nSPS) is 12.0. The van der Waals surface area contributed by atoms with Crippen LogP contribution in [-0.4, -0.2) is 53.2 Å². The molecule has 0 unspecified atom stereocenters. The summed E-state index contributed by atoms with van der Waals surface area (Å²) in [6.45, 7) is 1.13. The molecule has 5 aromatic rings. The van der Waals surface area contributed by atoms with Gasteiger partial charge >= 0.3 is 5.97 Å². The van der Waals surface area contributed by atoms with Crippen molar-refractivity contribution in [3.05, 3.63) is 113 Å². The summed E-state index contributed by atoms with van der Waals surface area (Å²) in [5.74, 6) is 2.19. The number of rotatable bonds is 10. The van der Waals surface area contributed by atoms with Crippen LogP contribution in [0.1, 0.15) is 33.5 Å². The summed E-state index contributed by atoms with van der Waals surface area (Å²) in [6, 6.07) is 27.5. The zero-order chi connectivity index (χ0) is 37.2. The Balaban J connectivity index is 0.000000310. The topological polar surface area (TPSA) is 157 Å². The van der Waals surface area contributed by atoms with Gasteiger partial charge in [-0.25, -0.2) is 10.0 Å². The molecule has 0 saturated carbocycles. The number of anilines is 2. The molecule has 1 aliphatic rings. The fraction of sp³-hybridized carbons (Fsp3) is 0.195. The number of quaternary nitrogens is 2. The molecule has 11 nitrogen and oxygen atoms in total. The average molecular weight is 707 g/mol. The molecule has 6 rings (SSSR count). The Morgan fingerprint density at radius 3 is 2.23 bits per heavy atom. The van der Waals surface area contributed by atoms with E-state index in [2.05, 4.69) is 29.8 Å². The van der Waals surface area contributed by atoms with Crippen LogP contribution in [0.3, 0.4) is 0 Å². The van der Waals surface area contributed by atoms with Crippen molar-refractivity contribution in [1.29, 1.82) is 0 Å². The lowest BCUT2D eigenvalue weighted by Crippen LogP contribution is -2.73. The zero-order valence-corrected chi connectivity index (χ0v) is 30.1. The van der Waals surface area contributed by atoms with Crippen LogP contribution in [0.15, 0.2) is 91.0 Å². The molecular weight excluding hydrogens is 660 g/mol. The molecule has 11 heteroatoms. The van der Waals surface area contributed by atoms with Crippen LogP contribution in [0.4, 0.5) is 22.7 Å². The van der Waals surface area contributed by atoms with Crippen LogP contribution < -0.4 is 45.5 Å². The fourth-order valence-corrected chi connectivity index (χ4v) is 5.95. The van der Waals surface area contributed by atoms with E-state index in [0.717, 1.165) is 57.8 Å². The second-order valence-electron chi connectivity index (χ2n) is 12.1. The molecule has 0 saturated heterocycles. The molecule has 5 aromatic carbocycles. The Morgan fingerprint density at radius 2 is 1.54 bits per heavy atom. The maximum atomic E-state index is 12.8. The SMILES string of the molecule is COc1cc(-c2ccc(OC(=O)c3ccc(N)cc3OC)cc2OC)ccc1/C=C/c1ccc([NH2+]O)cc1.COc1cc2c(cc1[NH3+])CCCN2C. The molecule has 0 aliphatic carbocycles. The minimum absolute atomic E-state index is 0.265. The van der Waals surface area contributed by atoms with Crippen molar-refractivity contribution in [3.63, 3.8) is 0 Å². The van der Waals surface area contributed by atoms with Crippen LogP contribution in [0.5, 0.6) is 28.7 Å². The number of nitrogens with zero attached hydrogens (tertiary/aromatic N) is 1. The molecule has 0 atom stereocenters. The predicted octanol–water partition coefficient (Wildman–Crippen LogP) is 5.89. The van der Waals surface area contributed by atoms with E-state index in [1.165, 1.54) is 24.8 Å². The van der Waals surface area contributed by atoms with Gasteiger partial charge in [-0.3, -0.25) is 0 Å². The summed E-state index contributed by atoms with van der Waals surface area (Å²) in [5, 5.41) is 9.09. The summed E-state index contributed by atoms with van der Waals surface area (Å²) in [5.41, 5.74) is 19.6. The van der Waals surface area contributed by atoms with Gasteiger partial charge in [-0.2, -0.15) is 5.48 Å². The van der Waals surface area contributed by atoms with Gasteiger partial charge < -0.3 is 40.1 Å². The molecule has 270 valence electrons. The highest BCUT2D eigenvalue weighted by Crippen LogP contribution is 2.37. The Bertz CT molecular complexity index is 2050. The van der Waals surface area contributed by atoms with Crippen molar-refractivity contribution >= 4 is 40.9 Å². The largest absolute Gasteiger partial charge is 0.496 e. The molecule has 0 bridgehead atoms. The number of nitrogen functional groups attached to an aromatic ring is 1. The molecule has 0 radical (unpaired) electrons. The van der Waals surface area contributed by atoms with Gasteiger partial charge in [-0.15, -0.1) is 0 Å². The van der Waals surface area contributed by atoms with Gasteiger partial charge in [0.25, 0.3) is 0 Å². The number of carbonyl (C=O) groups excluding carboxylic acids is 1. The standard InChI is InChI=1S/C30H28N2O6.C11H16N2O/c1-35-27-16-21(9-8-20(27)7-4-19-5-11-23(32-34)12-6-19)25-15-13-24(18-29(25)37-3)38-30(33)26-14-10-22(31)17-28(26)36-2;1-13-5-3-4-8-6-9(12)11(14-2)7-10(8)13/h4-18,32,34H,31H2,1-3H3;6-7H,3-5,12H2,1-2H3/p+2/b7-4+;. The first-order chi connectivity index (χ1) is 25.2. The van der Waals surface area contributed by atoms with Crippen molar-refractivity contribution in [2.45, 2.75) is 12.8 Å². The van der Waals surface area contributed by atoms with Gasteiger partial charge in [-0.05, 0) is 72.0 Å². The molecule has 8 N–H and O–H groups in total. The van der Waals surface area contributed by atoms with Gasteiger partial charge in [0.15, 0.2) is 17.1 Å². The third-order valence-electron chi connectivity index (χ3n) is 8.75. The first kappa shape index (κ1) is 37.3. The van der Waals surface area contributed by atoms with Gasteiger partial charge in [0, 0.05) is 72.5 Å². The number of fused-ring (bicyclic) bond motifs is 1. The van der Waals surface area contributed by atoms with E-state index < -0.39 is 5.97 Å². The number of methoxy groups -OCH3 is 4. The van der Waals surface area contributed by atoms with E-state index in [9.17, 15) is 4.79 Å². The highest BCUT2D eigenvalue weighted by Gasteiger charge is 2.18.